The molecule has 0 aliphatic carbocycles. The number of halogens is 2. The highest BCUT2D eigenvalue weighted by atomic mass is 35.5. The zero-order valence-corrected chi connectivity index (χ0v) is 17.9. The molecule has 6 nitrogen and oxygen atoms in total. The lowest BCUT2D eigenvalue weighted by molar-refractivity contribution is -0.122. The van der Waals surface area contributed by atoms with Crippen molar-refractivity contribution >= 4 is 24.1 Å². The molecule has 0 spiro atoms. The van der Waals surface area contributed by atoms with Crippen LogP contribution in [-0.4, -0.2) is 37.1 Å². The Kier molecular flexibility index (Phi) is 9.08. The van der Waals surface area contributed by atoms with Crippen LogP contribution in [0.15, 0.2) is 49.1 Å². The van der Waals surface area contributed by atoms with Crippen LogP contribution in [0.5, 0.6) is 5.88 Å². The normalized spacial score (nSPS) is 15.2. The van der Waals surface area contributed by atoms with E-state index in [2.05, 4.69) is 22.2 Å². The second-order valence-corrected chi connectivity index (χ2v) is 6.98. The summed E-state index contributed by atoms with van der Waals surface area (Å²) >= 11 is 0. The predicted molar refractivity (Wildman–Crippen MR) is 119 cm³/mol. The van der Waals surface area contributed by atoms with Crippen molar-refractivity contribution in [1.82, 2.24) is 15.6 Å². The number of nitrogens with one attached hydrogen (secondary N) is 2. The Hall–Kier alpha value is -2.64. The first-order valence-corrected chi connectivity index (χ1v) is 9.76. The van der Waals surface area contributed by atoms with Gasteiger partial charge < -0.3 is 20.3 Å². The molecular formula is C22H28ClFN4O2. The summed E-state index contributed by atoms with van der Waals surface area (Å²) in [5.74, 6) is -0.0698. The Labute approximate surface area is 182 Å². The summed E-state index contributed by atoms with van der Waals surface area (Å²) in [6, 6.07) is 11.0. The molecule has 1 saturated heterocycles. The molecule has 0 bridgehead atoms. The van der Waals surface area contributed by atoms with E-state index in [1.54, 1.807) is 11.0 Å². The van der Waals surface area contributed by atoms with E-state index in [4.69, 9.17) is 4.74 Å². The second-order valence-electron chi connectivity index (χ2n) is 6.98. The van der Waals surface area contributed by atoms with Gasteiger partial charge in [-0.05, 0) is 31.0 Å². The van der Waals surface area contributed by atoms with Crippen LogP contribution in [0.4, 0.5) is 10.2 Å². The molecule has 1 aromatic carbocycles. The minimum absolute atomic E-state index is 0. The third-order valence-corrected chi connectivity index (χ3v) is 4.89. The average Bonchev–Trinajstić information content (AvgIpc) is 3.27. The van der Waals surface area contributed by atoms with E-state index in [9.17, 15) is 9.18 Å². The Morgan fingerprint density at radius 2 is 2.20 bits per heavy atom. The van der Waals surface area contributed by atoms with Crippen molar-refractivity contribution in [2.24, 2.45) is 0 Å². The van der Waals surface area contributed by atoms with Crippen molar-refractivity contribution in [2.45, 2.75) is 32.0 Å². The monoisotopic (exact) mass is 434 g/mol. The van der Waals surface area contributed by atoms with E-state index >= 15 is 0 Å². The fourth-order valence-electron chi connectivity index (χ4n) is 3.43. The number of nitrogens with zero attached hydrogens (tertiary/aromatic N) is 2. The first kappa shape index (κ1) is 23.6. The summed E-state index contributed by atoms with van der Waals surface area (Å²) < 4.78 is 20.3. The van der Waals surface area contributed by atoms with Crippen LogP contribution >= 0.6 is 12.4 Å². The Morgan fingerprint density at radius 3 is 2.83 bits per heavy atom. The number of methoxy groups -OCH3 is 1. The number of pyridine rings is 1. The van der Waals surface area contributed by atoms with Crippen molar-refractivity contribution in [1.29, 1.82) is 0 Å². The van der Waals surface area contributed by atoms with Crippen molar-refractivity contribution in [3.8, 4) is 5.88 Å². The van der Waals surface area contributed by atoms with Gasteiger partial charge in [-0.25, -0.2) is 4.39 Å². The highest BCUT2D eigenvalue weighted by Crippen LogP contribution is 2.26. The summed E-state index contributed by atoms with van der Waals surface area (Å²) in [4.78, 5) is 18.4. The maximum absolute atomic E-state index is 14.9. The number of hydrogen-bond acceptors (Lipinski definition) is 5. The number of amides is 1. The zero-order valence-electron chi connectivity index (χ0n) is 17.1. The van der Waals surface area contributed by atoms with E-state index < -0.39 is 5.82 Å². The van der Waals surface area contributed by atoms with Crippen molar-refractivity contribution in [3.05, 3.63) is 66.0 Å². The van der Waals surface area contributed by atoms with Crippen LogP contribution in [0.3, 0.4) is 0 Å². The Morgan fingerprint density at radius 1 is 1.43 bits per heavy atom. The summed E-state index contributed by atoms with van der Waals surface area (Å²) in [7, 11) is 1.49. The van der Waals surface area contributed by atoms with Crippen LogP contribution in [0, 0.1) is 5.82 Å². The summed E-state index contributed by atoms with van der Waals surface area (Å²) in [5.41, 5.74) is 1.54. The molecule has 1 amide bonds. The van der Waals surface area contributed by atoms with Gasteiger partial charge in [-0.15, -0.1) is 19.0 Å². The number of hydrogen-bond donors (Lipinski definition) is 2. The molecule has 1 fully saturated rings. The molecule has 162 valence electrons. The molecule has 2 N–H and O–H groups in total. The first-order valence-electron chi connectivity index (χ1n) is 9.76. The van der Waals surface area contributed by atoms with Gasteiger partial charge in [-0.3, -0.25) is 4.79 Å². The van der Waals surface area contributed by atoms with Gasteiger partial charge >= 0.3 is 0 Å². The lowest BCUT2D eigenvalue weighted by Gasteiger charge is -2.24. The molecule has 1 aliphatic heterocycles. The van der Waals surface area contributed by atoms with Gasteiger partial charge in [-0.2, -0.15) is 4.98 Å². The minimum Gasteiger partial charge on any atom is -0.481 e. The van der Waals surface area contributed by atoms with Crippen molar-refractivity contribution in [3.63, 3.8) is 0 Å². The van der Waals surface area contributed by atoms with E-state index in [1.165, 1.54) is 13.2 Å². The van der Waals surface area contributed by atoms with E-state index in [0.717, 1.165) is 24.9 Å². The van der Waals surface area contributed by atoms with Gasteiger partial charge in [0.1, 0.15) is 0 Å². The number of carbonyl (C=O) groups excluding carboxylic acids is 1. The third kappa shape index (κ3) is 5.93. The minimum atomic E-state index is -0.466. The van der Waals surface area contributed by atoms with Gasteiger partial charge in [0.05, 0.1) is 13.2 Å². The Bertz CT molecular complexity index is 845. The quantitative estimate of drug-likeness (QED) is 0.593. The van der Waals surface area contributed by atoms with Crippen LogP contribution < -0.4 is 20.3 Å². The third-order valence-electron chi connectivity index (χ3n) is 4.89. The summed E-state index contributed by atoms with van der Waals surface area (Å²) in [5, 5.41) is 5.98. The van der Waals surface area contributed by atoms with Crippen LogP contribution in [0.1, 0.15) is 24.0 Å². The lowest BCUT2D eigenvalue weighted by atomic mass is 10.2. The number of rotatable bonds is 9. The SMILES string of the molecule is C=CCN(Cc1ccccc1)c1nc(OC)c(CNC(=O)[C@@H]2CCCN2)cc1F.Cl. The smallest absolute Gasteiger partial charge is 0.237 e. The van der Waals surface area contributed by atoms with E-state index in [-0.39, 0.29) is 36.7 Å². The molecule has 0 unspecified atom stereocenters. The maximum atomic E-state index is 14.9. The number of benzene rings is 1. The molecule has 1 atom stereocenters. The standard InChI is InChI=1S/C22H27FN4O2.ClH/c1-3-12-27(15-16-8-5-4-6-9-16)20-18(23)13-17(22(26-20)29-2)14-25-21(28)19-10-7-11-24-19;/h3-6,8-9,13,19,24H,1,7,10-12,14-15H2,2H3,(H,25,28);1H/t19-;/m0./s1. The van der Waals surface area contributed by atoms with Crippen LogP contribution in [-0.2, 0) is 17.9 Å². The number of carbonyl (C=O) groups is 1. The number of aromatic nitrogens is 1. The topological polar surface area (TPSA) is 66.5 Å². The number of ether oxygens (including phenoxy) is 1. The fourth-order valence-corrected chi connectivity index (χ4v) is 3.43. The van der Waals surface area contributed by atoms with E-state index in [0.29, 0.717) is 24.5 Å². The van der Waals surface area contributed by atoms with Gasteiger partial charge in [0.25, 0.3) is 0 Å². The van der Waals surface area contributed by atoms with Crippen molar-refractivity contribution in [2.75, 3.05) is 25.1 Å². The molecule has 0 saturated carbocycles. The predicted octanol–water partition coefficient (Wildman–Crippen LogP) is 3.21. The fraction of sp³-hybridized carbons (Fsp3) is 0.364. The highest BCUT2D eigenvalue weighted by molar-refractivity contribution is 5.85. The first-order chi connectivity index (χ1) is 14.1. The summed E-state index contributed by atoms with van der Waals surface area (Å²) in [6.07, 6.45) is 3.50. The largest absolute Gasteiger partial charge is 0.481 e. The second kappa shape index (κ2) is 11.5. The van der Waals surface area contributed by atoms with Gasteiger partial charge in [-0.1, -0.05) is 36.4 Å². The molecule has 1 aromatic heterocycles. The number of anilines is 1. The van der Waals surface area contributed by atoms with Gasteiger partial charge in [0, 0.05) is 25.2 Å². The van der Waals surface area contributed by atoms with Crippen LogP contribution in [0.25, 0.3) is 0 Å². The lowest BCUT2D eigenvalue weighted by Crippen LogP contribution is -2.40. The molecule has 30 heavy (non-hydrogen) atoms. The molecule has 3 rings (SSSR count). The molecule has 2 aromatic rings. The molecule has 2 heterocycles. The van der Waals surface area contributed by atoms with Gasteiger partial charge in [0.15, 0.2) is 11.6 Å². The average molecular weight is 435 g/mol. The van der Waals surface area contributed by atoms with Crippen LogP contribution in [0.2, 0.25) is 0 Å². The molecular weight excluding hydrogens is 407 g/mol. The van der Waals surface area contributed by atoms with E-state index in [1.807, 2.05) is 30.3 Å². The molecule has 8 heteroatoms. The summed E-state index contributed by atoms with van der Waals surface area (Å²) in [6.45, 7) is 5.69. The highest BCUT2D eigenvalue weighted by Gasteiger charge is 2.23. The van der Waals surface area contributed by atoms with Crippen molar-refractivity contribution < 1.29 is 13.9 Å². The molecule has 0 radical (unpaired) electrons. The Balaban J connectivity index is 0.00000320. The van der Waals surface area contributed by atoms with Gasteiger partial charge in [0.2, 0.25) is 11.8 Å². The molecule has 1 aliphatic rings. The zero-order chi connectivity index (χ0) is 20.6. The maximum Gasteiger partial charge on any atom is 0.237 e.